The number of hydrogen-bond acceptors (Lipinski definition) is 4. The largest absolute Gasteiger partial charge is 0.352 e. The Hall–Kier alpha value is -2.15. The summed E-state index contributed by atoms with van der Waals surface area (Å²) in [5, 5.41) is 9.33. The molecule has 1 N–H and O–H groups in total. The van der Waals surface area contributed by atoms with Crippen molar-refractivity contribution in [2.75, 3.05) is 0 Å². The Morgan fingerprint density at radius 3 is 2.96 bits per heavy atom. The summed E-state index contributed by atoms with van der Waals surface area (Å²) in [6.07, 6.45) is 4.38. The van der Waals surface area contributed by atoms with Crippen LogP contribution in [-0.2, 0) is 11.3 Å². The van der Waals surface area contributed by atoms with Gasteiger partial charge in [0.15, 0.2) is 0 Å². The lowest BCUT2D eigenvalue weighted by Gasteiger charge is -2.13. The Morgan fingerprint density at radius 1 is 1.39 bits per heavy atom. The van der Waals surface area contributed by atoms with Crippen LogP contribution in [0.3, 0.4) is 0 Å². The van der Waals surface area contributed by atoms with Crippen LogP contribution in [0.5, 0.6) is 0 Å². The number of carbonyl (C=O) groups excluding carboxylic acids is 1. The third-order valence-corrected chi connectivity index (χ3v) is 5.33. The molecule has 1 aliphatic carbocycles. The number of rotatable bonds is 3. The van der Waals surface area contributed by atoms with Gasteiger partial charge in [0.05, 0.1) is 10.2 Å². The van der Waals surface area contributed by atoms with Crippen LogP contribution in [-0.4, -0.2) is 26.1 Å². The molecule has 0 spiro atoms. The smallest absolute Gasteiger partial charge is 0.291 e. The number of nitrogens with one attached hydrogen (secondary N) is 1. The van der Waals surface area contributed by atoms with Gasteiger partial charge in [-0.05, 0) is 37.3 Å². The summed E-state index contributed by atoms with van der Waals surface area (Å²) < 4.78 is 4.19. The van der Waals surface area contributed by atoms with Crippen molar-refractivity contribution in [3.8, 4) is 0 Å². The molecule has 3 heterocycles. The highest BCUT2D eigenvalue weighted by Crippen LogP contribution is 2.24. The molecule has 1 amide bonds. The molecule has 3 aromatic rings. The van der Waals surface area contributed by atoms with Crippen LogP contribution in [0.4, 0.5) is 0 Å². The van der Waals surface area contributed by atoms with E-state index in [1.165, 1.54) is 4.68 Å². The van der Waals surface area contributed by atoms with Crippen LogP contribution in [0.15, 0.2) is 22.3 Å². The highest BCUT2D eigenvalue weighted by Gasteiger charge is 2.19. The lowest BCUT2D eigenvalue weighted by molar-refractivity contribution is -0.122. The Kier molecular flexibility index (Phi) is 3.45. The first-order valence-electron chi connectivity index (χ1n) is 7.89. The van der Waals surface area contributed by atoms with Crippen molar-refractivity contribution in [3.05, 3.63) is 33.7 Å². The first kappa shape index (κ1) is 14.4. The second kappa shape index (κ2) is 5.49. The average Bonchev–Trinajstić information content (AvgIpc) is 3.20. The predicted molar refractivity (Wildman–Crippen MR) is 90.0 cm³/mol. The van der Waals surface area contributed by atoms with Crippen molar-refractivity contribution in [2.45, 2.75) is 45.2 Å². The van der Waals surface area contributed by atoms with E-state index in [0.29, 0.717) is 11.3 Å². The number of aromatic nitrogens is 3. The molecule has 0 unspecified atom stereocenters. The highest BCUT2D eigenvalue weighted by molar-refractivity contribution is 7.17. The summed E-state index contributed by atoms with van der Waals surface area (Å²) in [5.74, 6) is 0.574. The second-order valence-electron chi connectivity index (χ2n) is 6.09. The van der Waals surface area contributed by atoms with Crippen molar-refractivity contribution in [2.24, 2.45) is 0 Å². The van der Waals surface area contributed by atoms with Crippen molar-refractivity contribution in [1.29, 1.82) is 0 Å². The van der Waals surface area contributed by atoms with Crippen molar-refractivity contribution in [3.63, 3.8) is 0 Å². The van der Waals surface area contributed by atoms with Crippen molar-refractivity contribution < 1.29 is 4.79 Å². The molecule has 23 heavy (non-hydrogen) atoms. The molecule has 6 nitrogen and oxygen atoms in total. The van der Waals surface area contributed by atoms with E-state index >= 15 is 0 Å². The van der Waals surface area contributed by atoms with E-state index in [1.54, 1.807) is 11.3 Å². The van der Waals surface area contributed by atoms with Gasteiger partial charge in [0.2, 0.25) is 5.91 Å². The number of amides is 1. The zero-order valence-corrected chi connectivity index (χ0v) is 13.7. The van der Waals surface area contributed by atoms with Crippen molar-refractivity contribution >= 4 is 33.0 Å². The van der Waals surface area contributed by atoms with Gasteiger partial charge in [-0.25, -0.2) is 4.68 Å². The molecule has 1 fully saturated rings. The lowest BCUT2D eigenvalue weighted by Crippen LogP contribution is -2.38. The fraction of sp³-hybridized carbons (Fsp3) is 0.438. The monoisotopic (exact) mass is 330 g/mol. The molecule has 1 saturated carbocycles. The maximum atomic E-state index is 12.6. The van der Waals surface area contributed by atoms with E-state index in [1.807, 2.05) is 28.8 Å². The summed E-state index contributed by atoms with van der Waals surface area (Å²) in [6, 6.07) is 4.11. The van der Waals surface area contributed by atoms with Crippen LogP contribution >= 0.6 is 11.3 Å². The molecule has 120 valence electrons. The van der Waals surface area contributed by atoms with E-state index < -0.39 is 0 Å². The first-order valence-corrected chi connectivity index (χ1v) is 8.77. The minimum absolute atomic E-state index is 0.0223. The topological polar surface area (TPSA) is 68.4 Å². The van der Waals surface area contributed by atoms with Gasteiger partial charge in [0, 0.05) is 6.04 Å². The minimum Gasteiger partial charge on any atom is -0.352 e. The Bertz CT molecular complexity index is 946. The lowest BCUT2D eigenvalue weighted by atomic mass is 10.2. The van der Waals surface area contributed by atoms with E-state index in [9.17, 15) is 9.59 Å². The predicted octanol–water partition coefficient (Wildman–Crippen LogP) is 2.08. The molecule has 0 bridgehead atoms. The van der Waals surface area contributed by atoms with Gasteiger partial charge in [0.25, 0.3) is 5.56 Å². The Labute approximate surface area is 136 Å². The third-order valence-electron chi connectivity index (χ3n) is 4.48. The normalized spacial score (nSPS) is 15.7. The first-order chi connectivity index (χ1) is 11.1. The maximum Gasteiger partial charge on any atom is 0.291 e. The molecular weight excluding hydrogens is 312 g/mol. The molecule has 7 heteroatoms. The van der Waals surface area contributed by atoms with Gasteiger partial charge < -0.3 is 5.32 Å². The van der Waals surface area contributed by atoms with Crippen molar-refractivity contribution in [1.82, 2.24) is 19.5 Å². The Morgan fingerprint density at radius 2 is 2.17 bits per heavy atom. The fourth-order valence-corrected chi connectivity index (χ4v) is 4.22. The van der Waals surface area contributed by atoms with Gasteiger partial charge in [-0.15, -0.1) is 11.3 Å². The number of carbonyl (C=O) groups is 1. The summed E-state index contributed by atoms with van der Waals surface area (Å²) in [6.45, 7) is 1.83. The number of aryl methyl sites for hydroxylation is 1. The molecular formula is C16H18N4O2S. The molecule has 0 aliphatic heterocycles. The van der Waals surface area contributed by atoms with Crippen LogP contribution < -0.4 is 10.9 Å². The Balaban J connectivity index is 1.68. The van der Waals surface area contributed by atoms with Gasteiger partial charge in [0.1, 0.15) is 17.9 Å². The quantitative estimate of drug-likeness (QED) is 0.799. The molecule has 0 saturated heterocycles. The minimum atomic E-state index is -0.222. The number of thiophene rings is 1. The average molecular weight is 330 g/mol. The number of hydrogen-bond donors (Lipinski definition) is 1. The molecule has 0 atom stereocenters. The van der Waals surface area contributed by atoms with E-state index in [2.05, 4.69) is 10.4 Å². The zero-order chi connectivity index (χ0) is 16.0. The summed E-state index contributed by atoms with van der Waals surface area (Å²) in [5.41, 5.74) is 1.35. The van der Waals surface area contributed by atoms with Gasteiger partial charge in [-0.2, -0.15) is 5.10 Å². The molecule has 1 aliphatic rings. The zero-order valence-electron chi connectivity index (χ0n) is 12.9. The molecule has 3 aromatic heterocycles. The molecule has 0 aromatic carbocycles. The maximum absolute atomic E-state index is 12.6. The second-order valence-corrected chi connectivity index (χ2v) is 7.04. The number of fused-ring (bicyclic) bond motifs is 3. The van der Waals surface area contributed by atoms with Gasteiger partial charge in [-0.1, -0.05) is 12.8 Å². The standard InChI is InChI=1S/C16H18N4O2S/c1-10-18-19(9-15(21)17-11-4-2-3-5-11)16(22)13-8-14-12(20(10)13)6-7-23-14/h6-8,11H,2-5,9H2,1H3,(H,17,21). The fourth-order valence-electron chi connectivity index (χ4n) is 3.42. The molecule has 4 rings (SSSR count). The summed E-state index contributed by atoms with van der Waals surface area (Å²) in [7, 11) is 0. The van der Waals surface area contributed by atoms with Crippen LogP contribution in [0.2, 0.25) is 0 Å². The van der Waals surface area contributed by atoms with E-state index in [0.717, 1.165) is 35.9 Å². The summed E-state index contributed by atoms with van der Waals surface area (Å²) >= 11 is 1.60. The van der Waals surface area contributed by atoms with Crippen LogP contribution in [0, 0.1) is 6.92 Å². The third kappa shape index (κ3) is 2.45. The SMILES string of the molecule is Cc1nn(CC(=O)NC2CCCC2)c(=O)c2cc3sccc3n12. The summed E-state index contributed by atoms with van der Waals surface area (Å²) in [4.78, 5) is 24.8. The van der Waals surface area contributed by atoms with E-state index in [-0.39, 0.29) is 24.1 Å². The van der Waals surface area contributed by atoms with Crippen LogP contribution in [0.25, 0.3) is 15.7 Å². The highest BCUT2D eigenvalue weighted by atomic mass is 32.1. The molecule has 0 radical (unpaired) electrons. The number of nitrogens with zero attached hydrogens (tertiary/aromatic N) is 3. The van der Waals surface area contributed by atoms with Gasteiger partial charge >= 0.3 is 0 Å². The van der Waals surface area contributed by atoms with Gasteiger partial charge in [-0.3, -0.25) is 14.0 Å². The van der Waals surface area contributed by atoms with E-state index in [4.69, 9.17) is 0 Å². The van der Waals surface area contributed by atoms with Crippen LogP contribution in [0.1, 0.15) is 31.5 Å².